The van der Waals surface area contributed by atoms with Gasteiger partial charge in [0.25, 0.3) is 0 Å². The molecule has 5 nitrogen and oxygen atoms in total. The number of likely N-dealkylation sites (tertiary alicyclic amines) is 1. The van der Waals surface area contributed by atoms with Gasteiger partial charge in [0.05, 0.1) is 24.8 Å². The van der Waals surface area contributed by atoms with Crippen LogP contribution in [0, 0.1) is 5.92 Å². The molecule has 2 rings (SSSR count). The zero-order chi connectivity index (χ0) is 12.6. The molecule has 0 spiro atoms. The summed E-state index contributed by atoms with van der Waals surface area (Å²) in [7, 11) is 2.09. The minimum Gasteiger partial charge on any atom is -0.373 e. The molecule has 0 bridgehead atoms. The first-order valence-electron chi connectivity index (χ1n) is 6.37. The molecule has 2 aliphatic rings. The van der Waals surface area contributed by atoms with Crippen molar-refractivity contribution in [3.05, 3.63) is 0 Å². The molecule has 3 atom stereocenters. The molecule has 0 aliphatic carbocycles. The molecule has 1 amide bonds. The van der Waals surface area contributed by atoms with Gasteiger partial charge in [-0.2, -0.15) is 0 Å². The van der Waals surface area contributed by atoms with E-state index in [0.29, 0.717) is 12.6 Å². The number of fused-ring (bicyclic) bond motifs is 1. The number of nitrogens with two attached hydrogens (primary N) is 1. The van der Waals surface area contributed by atoms with Crippen molar-refractivity contribution in [2.45, 2.75) is 32.0 Å². The number of morpholine rings is 1. The lowest BCUT2D eigenvalue weighted by Gasteiger charge is -2.33. The Bertz CT molecular complexity index is 295. The summed E-state index contributed by atoms with van der Waals surface area (Å²) in [5.41, 5.74) is 5.92. The second-order valence-electron chi connectivity index (χ2n) is 5.47. The normalized spacial score (nSPS) is 31.7. The number of nitrogens with zero attached hydrogens (tertiary/aromatic N) is 2. The summed E-state index contributed by atoms with van der Waals surface area (Å²) in [6.07, 6.45) is 0.164. The molecule has 0 unspecified atom stereocenters. The maximum Gasteiger partial charge on any atom is 0.239 e. The van der Waals surface area contributed by atoms with E-state index in [1.54, 1.807) is 0 Å². The van der Waals surface area contributed by atoms with Crippen molar-refractivity contribution in [3.63, 3.8) is 0 Å². The Morgan fingerprint density at radius 1 is 1.41 bits per heavy atom. The molecule has 2 saturated heterocycles. The second kappa shape index (κ2) is 4.92. The lowest BCUT2D eigenvalue weighted by molar-refractivity contribution is -0.133. The zero-order valence-corrected chi connectivity index (χ0v) is 10.9. The second-order valence-corrected chi connectivity index (χ2v) is 5.47. The summed E-state index contributed by atoms with van der Waals surface area (Å²) >= 11 is 0. The van der Waals surface area contributed by atoms with E-state index in [2.05, 4.69) is 11.9 Å². The van der Waals surface area contributed by atoms with E-state index in [4.69, 9.17) is 10.5 Å². The van der Waals surface area contributed by atoms with Crippen molar-refractivity contribution in [3.8, 4) is 0 Å². The smallest absolute Gasteiger partial charge is 0.239 e. The van der Waals surface area contributed by atoms with Crippen LogP contribution in [0.5, 0.6) is 0 Å². The largest absolute Gasteiger partial charge is 0.373 e. The SMILES string of the molecule is CC(C)[C@H](N)C(=O)N1C[C@H]2OCCN(C)[C@H]2C1. The Kier molecular flexibility index (Phi) is 3.70. The fourth-order valence-electron chi connectivity index (χ4n) is 2.53. The first-order chi connectivity index (χ1) is 8.00. The predicted octanol–water partition coefficient (Wildman–Crippen LogP) is -0.489. The molecule has 5 heteroatoms. The standard InChI is InChI=1S/C12H23N3O2/c1-8(2)11(13)12(16)15-6-9-10(7-15)17-5-4-14(9)3/h8-11H,4-7,13H2,1-3H3/t9-,10+,11-/m0/s1. The van der Waals surface area contributed by atoms with Crippen LogP contribution in [0.25, 0.3) is 0 Å². The first kappa shape index (κ1) is 12.8. The van der Waals surface area contributed by atoms with Crippen LogP contribution in [0.1, 0.15) is 13.8 Å². The summed E-state index contributed by atoms with van der Waals surface area (Å²) in [6.45, 7) is 7.10. The van der Waals surface area contributed by atoms with Crippen LogP contribution < -0.4 is 5.73 Å². The third kappa shape index (κ3) is 2.46. The topological polar surface area (TPSA) is 58.8 Å². The molecule has 2 heterocycles. The molecule has 2 aliphatic heterocycles. The molecule has 2 N–H and O–H groups in total. The number of carbonyl (C=O) groups is 1. The maximum absolute atomic E-state index is 12.2. The average molecular weight is 241 g/mol. The van der Waals surface area contributed by atoms with E-state index < -0.39 is 0 Å². The van der Waals surface area contributed by atoms with E-state index in [0.717, 1.165) is 19.7 Å². The summed E-state index contributed by atoms with van der Waals surface area (Å²) in [4.78, 5) is 16.3. The van der Waals surface area contributed by atoms with E-state index in [9.17, 15) is 4.79 Å². The molecule has 0 aromatic rings. The van der Waals surface area contributed by atoms with E-state index in [1.165, 1.54) is 0 Å². The van der Waals surface area contributed by atoms with Gasteiger partial charge in [0.15, 0.2) is 0 Å². The van der Waals surface area contributed by atoms with Gasteiger partial charge < -0.3 is 15.4 Å². The highest BCUT2D eigenvalue weighted by Crippen LogP contribution is 2.22. The quantitative estimate of drug-likeness (QED) is 0.709. The van der Waals surface area contributed by atoms with Crippen molar-refractivity contribution in [1.29, 1.82) is 0 Å². The van der Waals surface area contributed by atoms with E-state index >= 15 is 0 Å². The molecule has 0 saturated carbocycles. The summed E-state index contributed by atoms with van der Waals surface area (Å²) in [5.74, 6) is 0.246. The van der Waals surface area contributed by atoms with Gasteiger partial charge in [0.1, 0.15) is 0 Å². The van der Waals surface area contributed by atoms with Gasteiger partial charge in [-0.25, -0.2) is 0 Å². The minimum absolute atomic E-state index is 0.0615. The van der Waals surface area contributed by atoms with Crippen molar-refractivity contribution < 1.29 is 9.53 Å². The third-order valence-electron chi connectivity index (χ3n) is 3.89. The van der Waals surface area contributed by atoms with Gasteiger partial charge in [-0.15, -0.1) is 0 Å². The Morgan fingerprint density at radius 2 is 2.12 bits per heavy atom. The minimum atomic E-state index is -0.388. The molecule has 98 valence electrons. The Labute approximate surface area is 103 Å². The highest BCUT2D eigenvalue weighted by Gasteiger charge is 2.41. The molecular formula is C12H23N3O2. The van der Waals surface area contributed by atoms with Gasteiger partial charge in [-0.05, 0) is 13.0 Å². The molecule has 0 aromatic heterocycles. The lowest BCUT2D eigenvalue weighted by Crippen LogP contribution is -2.48. The van der Waals surface area contributed by atoms with Gasteiger partial charge in [-0.3, -0.25) is 9.69 Å². The fourth-order valence-corrected chi connectivity index (χ4v) is 2.53. The highest BCUT2D eigenvalue weighted by molar-refractivity contribution is 5.82. The maximum atomic E-state index is 12.2. The monoisotopic (exact) mass is 241 g/mol. The number of hydrogen-bond acceptors (Lipinski definition) is 4. The molecule has 17 heavy (non-hydrogen) atoms. The Balaban J connectivity index is 1.99. The molecule has 0 aromatic carbocycles. The van der Waals surface area contributed by atoms with Crippen molar-refractivity contribution in [2.24, 2.45) is 11.7 Å². The third-order valence-corrected chi connectivity index (χ3v) is 3.89. The predicted molar refractivity (Wildman–Crippen MR) is 65.6 cm³/mol. The fraction of sp³-hybridized carbons (Fsp3) is 0.917. The number of carbonyl (C=O) groups excluding carboxylic acids is 1. The van der Waals surface area contributed by atoms with Gasteiger partial charge >= 0.3 is 0 Å². The lowest BCUT2D eigenvalue weighted by atomic mass is 10.0. The summed E-state index contributed by atoms with van der Waals surface area (Å²) in [5, 5.41) is 0. The van der Waals surface area contributed by atoms with Crippen molar-refractivity contribution in [1.82, 2.24) is 9.80 Å². The molecular weight excluding hydrogens is 218 g/mol. The van der Waals surface area contributed by atoms with Crippen LogP contribution in [0.2, 0.25) is 0 Å². The molecule has 2 fully saturated rings. The number of likely N-dealkylation sites (N-methyl/N-ethyl adjacent to an activating group) is 1. The Hall–Kier alpha value is -0.650. The van der Waals surface area contributed by atoms with E-state index in [-0.39, 0.29) is 24.0 Å². The van der Waals surface area contributed by atoms with Gasteiger partial charge in [0, 0.05) is 19.6 Å². The first-order valence-corrected chi connectivity index (χ1v) is 6.37. The number of rotatable bonds is 2. The highest BCUT2D eigenvalue weighted by atomic mass is 16.5. The summed E-state index contributed by atoms with van der Waals surface area (Å²) < 4.78 is 5.72. The van der Waals surface area contributed by atoms with Crippen LogP contribution in [-0.2, 0) is 9.53 Å². The van der Waals surface area contributed by atoms with Crippen molar-refractivity contribution in [2.75, 3.05) is 33.3 Å². The van der Waals surface area contributed by atoms with Crippen LogP contribution in [0.15, 0.2) is 0 Å². The van der Waals surface area contributed by atoms with Crippen LogP contribution >= 0.6 is 0 Å². The van der Waals surface area contributed by atoms with Gasteiger partial charge in [-0.1, -0.05) is 13.8 Å². The average Bonchev–Trinajstić information content (AvgIpc) is 2.72. The summed E-state index contributed by atoms with van der Waals surface area (Å²) in [6, 6.07) is -0.0486. The Morgan fingerprint density at radius 3 is 2.71 bits per heavy atom. The van der Waals surface area contributed by atoms with E-state index in [1.807, 2.05) is 18.7 Å². The van der Waals surface area contributed by atoms with Crippen molar-refractivity contribution >= 4 is 5.91 Å². The zero-order valence-electron chi connectivity index (χ0n) is 10.9. The van der Waals surface area contributed by atoms with Crippen LogP contribution in [-0.4, -0.2) is 67.2 Å². The molecule has 0 radical (unpaired) electrons. The number of ether oxygens (including phenoxy) is 1. The van der Waals surface area contributed by atoms with Gasteiger partial charge in [0.2, 0.25) is 5.91 Å². The number of hydrogen-bond donors (Lipinski definition) is 1. The van der Waals surface area contributed by atoms with Crippen LogP contribution in [0.4, 0.5) is 0 Å². The van der Waals surface area contributed by atoms with Crippen LogP contribution in [0.3, 0.4) is 0 Å². The number of amides is 1.